The van der Waals surface area contributed by atoms with E-state index in [0.29, 0.717) is 6.61 Å². The second-order valence-corrected chi connectivity index (χ2v) is 8.30. The maximum absolute atomic E-state index is 13.1. The number of benzene rings is 2. The number of carbonyl (C=O) groups is 1. The number of aliphatic hydroxyl groups is 1. The summed E-state index contributed by atoms with van der Waals surface area (Å²) >= 11 is 0. The first-order valence-corrected chi connectivity index (χ1v) is 10.5. The summed E-state index contributed by atoms with van der Waals surface area (Å²) in [4.78, 5) is 17.7. The molecule has 0 saturated heterocycles. The Bertz CT molecular complexity index is 890. The van der Waals surface area contributed by atoms with E-state index in [0.717, 1.165) is 36.8 Å². The van der Waals surface area contributed by atoms with E-state index < -0.39 is 17.6 Å². The zero-order chi connectivity index (χ0) is 21.0. The molecule has 1 spiro atoms. The summed E-state index contributed by atoms with van der Waals surface area (Å²) in [5.74, 6) is -1.58. The molecule has 0 radical (unpaired) electrons. The Morgan fingerprint density at radius 1 is 1.10 bits per heavy atom. The highest BCUT2D eigenvalue weighted by molar-refractivity contribution is 5.91. The average molecular weight is 408 g/mol. The summed E-state index contributed by atoms with van der Waals surface area (Å²) in [5, 5.41) is 11.3. The van der Waals surface area contributed by atoms with Crippen LogP contribution in [-0.2, 0) is 27.3 Å². The van der Waals surface area contributed by atoms with E-state index >= 15 is 0 Å². The highest BCUT2D eigenvalue weighted by atomic mass is 16.5. The fraction of sp³-hybridized carbons (Fsp3) is 0.417. The molecule has 3 N–H and O–H groups in total. The molecule has 6 heteroatoms. The Morgan fingerprint density at radius 3 is 2.33 bits per heavy atom. The van der Waals surface area contributed by atoms with Crippen molar-refractivity contribution in [2.24, 2.45) is 16.6 Å². The number of ether oxygens (including phenoxy) is 2. The third-order valence-electron chi connectivity index (χ3n) is 6.02. The highest BCUT2D eigenvalue weighted by Crippen LogP contribution is 2.38. The third kappa shape index (κ3) is 4.40. The van der Waals surface area contributed by atoms with Crippen molar-refractivity contribution in [1.29, 1.82) is 0 Å². The van der Waals surface area contributed by atoms with Gasteiger partial charge in [0, 0.05) is 0 Å². The summed E-state index contributed by atoms with van der Waals surface area (Å²) < 4.78 is 11.3. The van der Waals surface area contributed by atoms with Crippen LogP contribution in [0.3, 0.4) is 0 Å². The standard InChI is InChI=1S/C24H28N2O4/c25-24(28,22-26-23(17-30-22)13-7-8-14-23)20(15-18-9-3-1-4-10-18)21(27)29-16-19-11-5-2-6-12-19/h1-6,9-12,20,28H,7-8,13-17,25H2/t20-,24?/m1/s1. The Hall–Kier alpha value is -2.70. The Balaban J connectivity index is 1.56. The minimum Gasteiger partial charge on any atom is -0.475 e. The van der Waals surface area contributed by atoms with Gasteiger partial charge in [0.1, 0.15) is 19.1 Å². The van der Waals surface area contributed by atoms with Crippen LogP contribution in [0.2, 0.25) is 0 Å². The fourth-order valence-electron chi connectivity index (χ4n) is 4.22. The molecule has 2 aromatic carbocycles. The molecule has 4 rings (SSSR count). The van der Waals surface area contributed by atoms with Crippen LogP contribution in [0, 0.1) is 5.92 Å². The van der Waals surface area contributed by atoms with Crippen molar-refractivity contribution in [3.63, 3.8) is 0 Å². The average Bonchev–Trinajstić information content (AvgIpc) is 3.42. The zero-order valence-corrected chi connectivity index (χ0v) is 17.0. The topological polar surface area (TPSA) is 94.1 Å². The number of carbonyl (C=O) groups excluding carboxylic acids is 1. The van der Waals surface area contributed by atoms with Crippen LogP contribution in [0.5, 0.6) is 0 Å². The minimum atomic E-state index is -2.05. The molecule has 1 saturated carbocycles. The van der Waals surface area contributed by atoms with Gasteiger partial charge in [0.25, 0.3) is 0 Å². The van der Waals surface area contributed by atoms with Gasteiger partial charge in [-0.25, -0.2) is 4.99 Å². The fourth-order valence-corrected chi connectivity index (χ4v) is 4.22. The number of hydrogen-bond acceptors (Lipinski definition) is 6. The van der Waals surface area contributed by atoms with E-state index in [2.05, 4.69) is 4.99 Å². The molecule has 1 aliphatic heterocycles. The van der Waals surface area contributed by atoms with Gasteiger partial charge in [-0.05, 0) is 30.4 Å². The smallest absolute Gasteiger partial charge is 0.314 e. The van der Waals surface area contributed by atoms with Gasteiger partial charge < -0.3 is 14.6 Å². The van der Waals surface area contributed by atoms with E-state index in [1.54, 1.807) is 0 Å². The van der Waals surface area contributed by atoms with E-state index in [4.69, 9.17) is 15.2 Å². The molecule has 158 valence electrons. The maximum Gasteiger partial charge on any atom is 0.314 e. The molecule has 1 aliphatic carbocycles. The van der Waals surface area contributed by atoms with E-state index in [-0.39, 0.29) is 24.5 Å². The number of esters is 1. The molecule has 1 heterocycles. The van der Waals surface area contributed by atoms with Gasteiger partial charge in [-0.15, -0.1) is 0 Å². The van der Waals surface area contributed by atoms with E-state index in [9.17, 15) is 9.90 Å². The quantitative estimate of drug-likeness (QED) is 0.543. The minimum absolute atomic E-state index is 0.0435. The Kier molecular flexibility index (Phi) is 5.88. The second-order valence-electron chi connectivity index (χ2n) is 8.30. The van der Waals surface area contributed by atoms with Crippen molar-refractivity contribution in [2.75, 3.05) is 6.61 Å². The van der Waals surface area contributed by atoms with Gasteiger partial charge in [0.05, 0.1) is 5.54 Å². The predicted molar refractivity (Wildman–Crippen MR) is 114 cm³/mol. The molecule has 2 aromatic rings. The first-order valence-electron chi connectivity index (χ1n) is 10.5. The second kappa shape index (κ2) is 8.58. The third-order valence-corrected chi connectivity index (χ3v) is 6.02. The SMILES string of the molecule is NC(O)(C1=NC2(CCCC2)CO1)[C@H](Cc1ccccc1)C(=O)OCc1ccccc1. The normalized spacial score (nSPS) is 20.3. The number of aliphatic imine (C=N–C) groups is 1. The van der Waals surface area contributed by atoms with Gasteiger partial charge in [-0.1, -0.05) is 73.5 Å². The molecule has 2 atom stereocenters. The van der Waals surface area contributed by atoms with Gasteiger partial charge >= 0.3 is 5.97 Å². The van der Waals surface area contributed by atoms with Crippen molar-refractivity contribution in [2.45, 2.75) is 50.0 Å². The van der Waals surface area contributed by atoms with Crippen molar-refractivity contribution in [1.82, 2.24) is 0 Å². The number of nitrogens with two attached hydrogens (primary N) is 1. The lowest BCUT2D eigenvalue weighted by molar-refractivity contribution is -0.156. The van der Waals surface area contributed by atoms with Crippen molar-refractivity contribution < 1.29 is 19.4 Å². The lowest BCUT2D eigenvalue weighted by Crippen LogP contribution is -2.58. The summed E-state index contributed by atoms with van der Waals surface area (Å²) in [6.45, 7) is 0.511. The van der Waals surface area contributed by atoms with E-state index in [1.807, 2.05) is 60.7 Å². The van der Waals surface area contributed by atoms with Crippen LogP contribution in [0.25, 0.3) is 0 Å². The van der Waals surface area contributed by atoms with Crippen LogP contribution in [-0.4, -0.2) is 34.8 Å². The largest absolute Gasteiger partial charge is 0.475 e. The number of nitrogens with zero attached hydrogens (tertiary/aromatic N) is 1. The Morgan fingerprint density at radius 2 is 1.70 bits per heavy atom. The number of hydrogen-bond donors (Lipinski definition) is 2. The van der Waals surface area contributed by atoms with Crippen LogP contribution in [0.4, 0.5) is 0 Å². The lowest BCUT2D eigenvalue weighted by atomic mass is 9.89. The first kappa shape index (κ1) is 20.6. The van der Waals surface area contributed by atoms with Crippen LogP contribution in [0.1, 0.15) is 36.8 Å². The monoisotopic (exact) mass is 408 g/mol. The highest BCUT2D eigenvalue weighted by Gasteiger charge is 2.50. The molecular weight excluding hydrogens is 380 g/mol. The van der Waals surface area contributed by atoms with Gasteiger partial charge in [-0.2, -0.15) is 0 Å². The molecule has 2 aliphatic rings. The van der Waals surface area contributed by atoms with Crippen molar-refractivity contribution in [3.05, 3.63) is 71.8 Å². The number of rotatable bonds is 7. The summed E-state index contributed by atoms with van der Waals surface area (Å²) in [6, 6.07) is 18.9. The summed E-state index contributed by atoms with van der Waals surface area (Å²) in [7, 11) is 0. The molecule has 1 unspecified atom stereocenters. The molecular formula is C24H28N2O4. The molecule has 1 fully saturated rings. The molecule has 0 amide bonds. The van der Waals surface area contributed by atoms with E-state index in [1.165, 1.54) is 0 Å². The van der Waals surface area contributed by atoms with Gasteiger partial charge in [0.15, 0.2) is 0 Å². The van der Waals surface area contributed by atoms with Crippen molar-refractivity contribution >= 4 is 11.9 Å². The Labute approximate surface area is 176 Å². The van der Waals surface area contributed by atoms with Crippen LogP contribution < -0.4 is 5.73 Å². The zero-order valence-electron chi connectivity index (χ0n) is 17.0. The van der Waals surface area contributed by atoms with Gasteiger partial charge in [0.2, 0.25) is 11.6 Å². The summed E-state index contributed by atoms with van der Waals surface area (Å²) in [6.07, 6.45) is 4.20. The van der Waals surface area contributed by atoms with Crippen molar-refractivity contribution in [3.8, 4) is 0 Å². The predicted octanol–water partition coefficient (Wildman–Crippen LogP) is 2.98. The molecule has 6 nitrogen and oxygen atoms in total. The summed E-state index contributed by atoms with van der Waals surface area (Å²) in [5.41, 5.74) is 5.71. The molecule has 30 heavy (non-hydrogen) atoms. The van der Waals surface area contributed by atoms with Crippen LogP contribution in [0.15, 0.2) is 65.7 Å². The maximum atomic E-state index is 13.1. The lowest BCUT2D eigenvalue weighted by Gasteiger charge is -2.30. The van der Waals surface area contributed by atoms with Crippen LogP contribution >= 0.6 is 0 Å². The molecule has 0 bridgehead atoms. The van der Waals surface area contributed by atoms with Gasteiger partial charge in [-0.3, -0.25) is 10.5 Å². The first-order chi connectivity index (χ1) is 14.5. The molecule has 0 aromatic heterocycles.